The molecule has 2 aromatic heterocycles. The maximum Gasteiger partial charge on any atom is 0.237 e. The lowest BCUT2D eigenvalue weighted by Crippen LogP contribution is -2.21. The summed E-state index contributed by atoms with van der Waals surface area (Å²) in [6.07, 6.45) is 3.47. The van der Waals surface area contributed by atoms with Gasteiger partial charge in [-0.1, -0.05) is 18.2 Å². The first-order valence-corrected chi connectivity index (χ1v) is 9.13. The molecular weight excluding hydrogens is 326 g/mol. The fourth-order valence-corrected chi connectivity index (χ4v) is 4.16. The van der Waals surface area contributed by atoms with Crippen LogP contribution in [0.2, 0.25) is 0 Å². The summed E-state index contributed by atoms with van der Waals surface area (Å²) in [5.41, 5.74) is 12.7. The number of H-pyrrole nitrogens is 1. The summed E-state index contributed by atoms with van der Waals surface area (Å²) in [5.74, 6) is -0.319. The fraction of sp³-hybridized carbons (Fsp3) is 0.400. The molecule has 3 aromatic rings. The summed E-state index contributed by atoms with van der Waals surface area (Å²) in [4.78, 5) is 13.8. The van der Waals surface area contributed by atoms with Crippen LogP contribution < -0.4 is 5.73 Å². The fourth-order valence-electron chi connectivity index (χ4n) is 4.16. The van der Waals surface area contributed by atoms with Gasteiger partial charge in [-0.2, -0.15) is 5.10 Å². The normalized spacial score (nSPS) is 13.7. The molecule has 6 nitrogen and oxygen atoms in total. The predicted octanol–water partition coefficient (Wildman–Crippen LogP) is 2.28. The first kappa shape index (κ1) is 16.8. The molecule has 0 atom stereocenters. The molecule has 1 aliphatic carbocycles. The van der Waals surface area contributed by atoms with E-state index >= 15 is 0 Å². The number of aromatic nitrogens is 3. The van der Waals surface area contributed by atoms with Crippen LogP contribution in [0.1, 0.15) is 34.6 Å². The van der Waals surface area contributed by atoms with Gasteiger partial charge >= 0.3 is 0 Å². The maximum atomic E-state index is 11.5. The van der Waals surface area contributed by atoms with Gasteiger partial charge in [0.05, 0.1) is 5.69 Å². The van der Waals surface area contributed by atoms with E-state index in [0.29, 0.717) is 0 Å². The number of carbonyl (C=O) groups is 1. The van der Waals surface area contributed by atoms with Gasteiger partial charge in [-0.25, -0.2) is 0 Å². The smallest absolute Gasteiger partial charge is 0.237 e. The van der Waals surface area contributed by atoms with Crippen LogP contribution in [0.5, 0.6) is 0 Å². The number of aromatic amines is 1. The Labute approximate surface area is 153 Å². The largest absolute Gasteiger partial charge is 0.368 e. The van der Waals surface area contributed by atoms with E-state index in [1.807, 2.05) is 16.7 Å². The van der Waals surface area contributed by atoms with Crippen molar-refractivity contribution in [2.24, 2.45) is 5.73 Å². The highest BCUT2D eigenvalue weighted by molar-refractivity contribution is 5.87. The van der Waals surface area contributed by atoms with Crippen molar-refractivity contribution in [1.82, 2.24) is 19.7 Å². The number of hydrogen-bond donors (Lipinski definition) is 2. The first-order valence-electron chi connectivity index (χ1n) is 9.13. The first-order chi connectivity index (χ1) is 12.5. The standard InChI is InChI=1S/C20H25N5O/c1-13-16(14-6-3-4-9-19(14)25(13)12-20(21)26)10-24(2)11-18-15-7-5-8-17(15)22-23-18/h3-4,6,9H,5,7-8,10-12H2,1-2H3,(H2,21,26)(H,22,23). The molecule has 3 N–H and O–H groups in total. The van der Waals surface area contributed by atoms with Gasteiger partial charge in [0.2, 0.25) is 5.91 Å². The van der Waals surface area contributed by atoms with Crippen LogP contribution in [0.4, 0.5) is 0 Å². The molecule has 0 unspecified atom stereocenters. The zero-order valence-corrected chi connectivity index (χ0v) is 15.4. The van der Waals surface area contributed by atoms with Crippen molar-refractivity contribution in [2.45, 2.75) is 45.8 Å². The number of primary amides is 1. The lowest BCUT2D eigenvalue weighted by molar-refractivity contribution is -0.118. The van der Waals surface area contributed by atoms with Crippen molar-refractivity contribution in [1.29, 1.82) is 0 Å². The zero-order chi connectivity index (χ0) is 18.3. The highest BCUT2D eigenvalue weighted by atomic mass is 16.1. The third-order valence-electron chi connectivity index (χ3n) is 5.42. The van der Waals surface area contributed by atoms with Crippen LogP contribution in [-0.2, 0) is 37.3 Å². The van der Waals surface area contributed by atoms with Crippen LogP contribution in [0.3, 0.4) is 0 Å². The van der Waals surface area contributed by atoms with Crippen molar-refractivity contribution in [3.05, 3.63) is 52.5 Å². The second-order valence-electron chi connectivity index (χ2n) is 7.29. The minimum Gasteiger partial charge on any atom is -0.368 e. The van der Waals surface area contributed by atoms with E-state index in [-0.39, 0.29) is 12.5 Å². The third kappa shape index (κ3) is 2.90. The van der Waals surface area contributed by atoms with Gasteiger partial charge in [-0.05, 0) is 50.4 Å². The zero-order valence-electron chi connectivity index (χ0n) is 15.4. The molecule has 0 saturated heterocycles. The quantitative estimate of drug-likeness (QED) is 0.715. The van der Waals surface area contributed by atoms with E-state index in [1.165, 1.54) is 34.3 Å². The average molecular weight is 351 g/mol. The Kier molecular flexibility index (Phi) is 4.28. The van der Waals surface area contributed by atoms with Crippen molar-refractivity contribution < 1.29 is 4.79 Å². The average Bonchev–Trinajstić information content (AvgIpc) is 3.27. The van der Waals surface area contributed by atoms with E-state index in [2.05, 4.69) is 41.2 Å². The second-order valence-corrected chi connectivity index (χ2v) is 7.29. The monoisotopic (exact) mass is 351 g/mol. The number of benzene rings is 1. The van der Waals surface area contributed by atoms with Gasteiger partial charge in [-0.3, -0.25) is 14.8 Å². The summed E-state index contributed by atoms with van der Waals surface area (Å²) in [6, 6.07) is 8.21. The Hall–Kier alpha value is -2.60. The molecule has 1 amide bonds. The minimum atomic E-state index is -0.319. The van der Waals surface area contributed by atoms with E-state index in [1.54, 1.807) is 0 Å². The summed E-state index contributed by atoms with van der Waals surface area (Å²) >= 11 is 0. The number of rotatable bonds is 6. The molecule has 136 valence electrons. The number of aryl methyl sites for hydroxylation is 1. The lowest BCUT2D eigenvalue weighted by atomic mass is 10.1. The van der Waals surface area contributed by atoms with Gasteiger partial charge < -0.3 is 10.3 Å². The Morgan fingerprint density at radius 1 is 1.31 bits per heavy atom. The van der Waals surface area contributed by atoms with Gasteiger partial charge in [0.25, 0.3) is 0 Å². The molecule has 0 fully saturated rings. The van der Waals surface area contributed by atoms with E-state index in [0.717, 1.165) is 37.1 Å². The van der Waals surface area contributed by atoms with Gasteiger partial charge in [0, 0.05) is 35.4 Å². The highest BCUT2D eigenvalue weighted by Crippen LogP contribution is 2.28. The number of hydrogen-bond acceptors (Lipinski definition) is 3. The molecular formula is C20H25N5O. The summed E-state index contributed by atoms with van der Waals surface area (Å²) < 4.78 is 2.02. The molecule has 1 aromatic carbocycles. The molecule has 26 heavy (non-hydrogen) atoms. The van der Waals surface area contributed by atoms with Gasteiger partial charge in [-0.15, -0.1) is 0 Å². The minimum absolute atomic E-state index is 0.211. The summed E-state index contributed by atoms with van der Waals surface area (Å²) in [7, 11) is 2.12. The number of nitrogens with two attached hydrogens (primary N) is 1. The maximum absolute atomic E-state index is 11.5. The molecule has 0 spiro atoms. The summed E-state index contributed by atoms with van der Waals surface area (Å²) in [5, 5.41) is 8.89. The van der Waals surface area contributed by atoms with Crippen LogP contribution in [-0.4, -0.2) is 32.6 Å². The van der Waals surface area contributed by atoms with E-state index in [9.17, 15) is 4.79 Å². The second kappa shape index (κ2) is 6.61. The number of nitrogens with zero attached hydrogens (tertiary/aromatic N) is 3. The molecule has 0 saturated carbocycles. The number of para-hydroxylation sites is 1. The SMILES string of the molecule is Cc1c(CN(C)Cc2n[nH]c3c2CCC3)c2ccccc2n1CC(N)=O. The molecule has 6 heteroatoms. The molecule has 0 bridgehead atoms. The topological polar surface area (TPSA) is 79.9 Å². The van der Waals surface area contributed by atoms with Crippen LogP contribution >= 0.6 is 0 Å². The number of carbonyl (C=O) groups excluding carboxylic acids is 1. The Bertz CT molecular complexity index is 968. The van der Waals surface area contributed by atoms with Gasteiger partial charge in [0.1, 0.15) is 6.54 Å². The van der Waals surface area contributed by atoms with E-state index in [4.69, 9.17) is 5.73 Å². The number of fused-ring (bicyclic) bond motifs is 2. The molecule has 4 rings (SSSR count). The lowest BCUT2D eigenvalue weighted by Gasteiger charge is -2.17. The molecule has 1 aliphatic rings. The number of amides is 1. The predicted molar refractivity (Wildman–Crippen MR) is 102 cm³/mol. The number of nitrogens with one attached hydrogen (secondary N) is 1. The van der Waals surface area contributed by atoms with Crippen LogP contribution in [0.25, 0.3) is 10.9 Å². The van der Waals surface area contributed by atoms with Crippen molar-refractivity contribution in [3.63, 3.8) is 0 Å². The molecule has 0 aliphatic heterocycles. The van der Waals surface area contributed by atoms with Gasteiger partial charge in [0.15, 0.2) is 0 Å². The van der Waals surface area contributed by atoms with Crippen molar-refractivity contribution in [2.75, 3.05) is 7.05 Å². The Morgan fingerprint density at radius 3 is 2.92 bits per heavy atom. The Morgan fingerprint density at radius 2 is 2.12 bits per heavy atom. The van der Waals surface area contributed by atoms with E-state index < -0.39 is 0 Å². The Balaban J connectivity index is 1.62. The molecule has 2 heterocycles. The summed E-state index contributed by atoms with van der Waals surface area (Å²) in [6.45, 7) is 3.90. The highest BCUT2D eigenvalue weighted by Gasteiger charge is 2.21. The third-order valence-corrected chi connectivity index (χ3v) is 5.42. The van der Waals surface area contributed by atoms with Crippen LogP contribution in [0, 0.1) is 6.92 Å². The molecule has 0 radical (unpaired) electrons. The van der Waals surface area contributed by atoms with Crippen molar-refractivity contribution >= 4 is 16.8 Å². The van der Waals surface area contributed by atoms with Crippen LogP contribution in [0.15, 0.2) is 24.3 Å². The van der Waals surface area contributed by atoms with Crippen molar-refractivity contribution in [3.8, 4) is 0 Å².